The van der Waals surface area contributed by atoms with Gasteiger partial charge in [-0.3, -0.25) is 0 Å². The number of thiophene rings is 1. The first-order chi connectivity index (χ1) is 10.2. The van der Waals surface area contributed by atoms with Crippen LogP contribution in [0.2, 0.25) is 0 Å². The molecule has 2 nitrogen and oxygen atoms in total. The number of hydrogen-bond donors (Lipinski definition) is 1. The maximum atomic E-state index is 14.3. The van der Waals surface area contributed by atoms with Crippen molar-refractivity contribution in [2.24, 2.45) is 0 Å². The van der Waals surface area contributed by atoms with Gasteiger partial charge in [0.25, 0.3) is 0 Å². The van der Waals surface area contributed by atoms with Crippen LogP contribution in [0.4, 0.5) is 4.39 Å². The third kappa shape index (κ3) is 3.83. The van der Waals surface area contributed by atoms with Gasteiger partial charge in [0, 0.05) is 10.9 Å². The van der Waals surface area contributed by atoms with E-state index >= 15 is 0 Å². The smallest absolute Gasteiger partial charge is 0.168 e. The van der Waals surface area contributed by atoms with Crippen LogP contribution >= 0.6 is 11.3 Å². The van der Waals surface area contributed by atoms with Gasteiger partial charge in [-0.1, -0.05) is 19.1 Å². The zero-order valence-electron chi connectivity index (χ0n) is 12.8. The number of aryl methyl sites for hydroxylation is 1. The average molecular weight is 307 g/mol. The van der Waals surface area contributed by atoms with Gasteiger partial charge in [-0.05, 0) is 54.9 Å². The molecule has 0 fully saturated rings. The molecule has 0 aliphatic rings. The van der Waals surface area contributed by atoms with Crippen LogP contribution in [0.3, 0.4) is 0 Å². The fourth-order valence-electron chi connectivity index (χ4n) is 2.41. The Kier molecular flexibility index (Phi) is 5.76. The second-order valence-corrected chi connectivity index (χ2v) is 6.06. The quantitative estimate of drug-likeness (QED) is 0.814. The van der Waals surface area contributed by atoms with Crippen molar-refractivity contribution in [1.82, 2.24) is 5.32 Å². The van der Waals surface area contributed by atoms with Crippen LogP contribution in [0, 0.1) is 12.7 Å². The number of hydrogen-bond acceptors (Lipinski definition) is 3. The first-order valence-corrected chi connectivity index (χ1v) is 8.14. The molecule has 2 rings (SSSR count). The number of benzene rings is 1. The molecule has 2 aromatic rings. The van der Waals surface area contributed by atoms with Gasteiger partial charge in [0.05, 0.1) is 7.11 Å². The van der Waals surface area contributed by atoms with Crippen LogP contribution in [0.5, 0.6) is 5.75 Å². The Morgan fingerprint density at radius 2 is 2.14 bits per heavy atom. The molecule has 0 aliphatic carbocycles. The third-order valence-corrected chi connectivity index (χ3v) is 4.68. The predicted molar refractivity (Wildman–Crippen MR) is 86.7 cm³/mol. The predicted octanol–water partition coefficient (Wildman–Crippen LogP) is 4.49. The van der Waals surface area contributed by atoms with Crippen LogP contribution in [0.15, 0.2) is 29.6 Å². The summed E-state index contributed by atoms with van der Waals surface area (Å²) in [6.45, 7) is 5.17. The van der Waals surface area contributed by atoms with Crippen LogP contribution in [-0.2, 0) is 6.42 Å². The second kappa shape index (κ2) is 7.57. The minimum atomic E-state index is -0.252. The monoisotopic (exact) mass is 307 g/mol. The molecule has 1 aromatic carbocycles. The van der Waals surface area contributed by atoms with Crippen molar-refractivity contribution in [3.8, 4) is 5.75 Å². The fourth-order valence-corrected chi connectivity index (χ4v) is 3.41. The highest BCUT2D eigenvalue weighted by molar-refractivity contribution is 7.10. The molecule has 1 N–H and O–H groups in total. The van der Waals surface area contributed by atoms with Crippen molar-refractivity contribution in [3.05, 3.63) is 51.5 Å². The van der Waals surface area contributed by atoms with Crippen molar-refractivity contribution in [1.29, 1.82) is 0 Å². The van der Waals surface area contributed by atoms with Crippen molar-refractivity contribution in [2.45, 2.75) is 32.7 Å². The van der Waals surface area contributed by atoms with Crippen LogP contribution in [0.25, 0.3) is 0 Å². The maximum Gasteiger partial charge on any atom is 0.168 e. The molecule has 0 amide bonds. The van der Waals surface area contributed by atoms with Crippen LogP contribution in [0.1, 0.15) is 35.4 Å². The summed E-state index contributed by atoms with van der Waals surface area (Å²) in [6.07, 6.45) is 1.69. The van der Waals surface area contributed by atoms with E-state index in [1.807, 2.05) is 12.1 Å². The molecule has 1 unspecified atom stereocenters. The van der Waals surface area contributed by atoms with Crippen molar-refractivity contribution >= 4 is 11.3 Å². The highest BCUT2D eigenvalue weighted by atomic mass is 32.1. The largest absolute Gasteiger partial charge is 0.494 e. The van der Waals surface area contributed by atoms with E-state index in [4.69, 9.17) is 4.74 Å². The lowest BCUT2D eigenvalue weighted by Crippen LogP contribution is -2.24. The van der Waals surface area contributed by atoms with E-state index in [2.05, 4.69) is 30.6 Å². The van der Waals surface area contributed by atoms with Gasteiger partial charge in [0.1, 0.15) is 0 Å². The lowest BCUT2D eigenvalue weighted by Gasteiger charge is -2.19. The molecule has 1 heterocycles. The van der Waals surface area contributed by atoms with E-state index in [-0.39, 0.29) is 11.9 Å². The Bertz CT molecular complexity index is 582. The fraction of sp³-hybridized carbons (Fsp3) is 0.412. The number of rotatable bonds is 7. The van der Waals surface area contributed by atoms with E-state index in [9.17, 15) is 4.39 Å². The van der Waals surface area contributed by atoms with E-state index < -0.39 is 0 Å². The van der Waals surface area contributed by atoms with Crippen LogP contribution < -0.4 is 10.1 Å². The van der Waals surface area contributed by atoms with Crippen molar-refractivity contribution in [3.63, 3.8) is 0 Å². The Balaban J connectivity index is 2.25. The van der Waals surface area contributed by atoms with E-state index in [0.717, 1.165) is 13.0 Å². The number of nitrogens with one attached hydrogen (secondary N) is 1. The van der Waals surface area contributed by atoms with Gasteiger partial charge in [0.15, 0.2) is 11.6 Å². The Hall–Kier alpha value is -1.39. The van der Waals surface area contributed by atoms with Crippen molar-refractivity contribution < 1.29 is 9.13 Å². The molecule has 21 heavy (non-hydrogen) atoms. The highest BCUT2D eigenvalue weighted by Crippen LogP contribution is 2.29. The molecule has 0 bridgehead atoms. The minimum absolute atomic E-state index is 0.145. The zero-order chi connectivity index (χ0) is 15.2. The summed E-state index contributed by atoms with van der Waals surface area (Å²) in [5, 5.41) is 5.62. The van der Waals surface area contributed by atoms with Gasteiger partial charge in [-0.25, -0.2) is 4.39 Å². The number of methoxy groups -OCH3 is 1. The first kappa shape index (κ1) is 16.0. The Labute approximate surface area is 130 Å². The molecule has 0 saturated carbocycles. The third-order valence-electron chi connectivity index (χ3n) is 3.55. The minimum Gasteiger partial charge on any atom is -0.494 e. The Morgan fingerprint density at radius 1 is 1.33 bits per heavy atom. The van der Waals surface area contributed by atoms with E-state index in [0.29, 0.717) is 17.7 Å². The summed E-state index contributed by atoms with van der Waals surface area (Å²) in [4.78, 5) is 1.28. The van der Waals surface area contributed by atoms with Gasteiger partial charge >= 0.3 is 0 Å². The highest BCUT2D eigenvalue weighted by Gasteiger charge is 2.18. The van der Waals surface area contributed by atoms with Crippen molar-refractivity contribution in [2.75, 3.05) is 13.7 Å². The second-order valence-electron chi connectivity index (χ2n) is 5.11. The van der Waals surface area contributed by atoms with E-state index in [1.165, 1.54) is 17.6 Å². The molecule has 4 heteroatoms. The number of ether oxygens (including phenoxy) is 1. The Morgan fingerprint density at radius 3 is 2.76 bits per heavy atom. The summed E-state index contributed by atoms with van der Waals surface area (Å²) in [5.41, 5.74) is 1.95. The van der Waals surface area contributed by atoms with E-state index in [1.54, 1.807) is 17.4 Å². The summed E-state index contributed by atoms with van der Waals surface area (Å²) in [6, 6.07) is 7.59. The lowest BCUT2D eigenvalue weighted by atomic mass is 10.0. The lowest BCUT2D eigenvalue weighted by molar-refractivity contribution is 0.382. The zero-order valence-corrected chi connectivity index (χ0v) is 13.6. The molecule has 0 spiro atoms. The van der Waals surface area contributed by atoms with Gasteiger partial charge < -0.3 is 10.1 Å². The molecule has 0 saturated heterocycles. The maximum absolute atomic E-state index is 14.3. The normalized spacial score (nSPS) is 12.4. The van der Waals surface area contributed by atoms with Gasteiger partial charge in [-0.15, -0.1) is 11.3 Å². The number of halogens is 1. The first-order valence-electron chi connectivity index (χ1n) is 7.26. The molecule has 0 aliphatic heterocycles. The standard InChI is InChI=1S/C17H22FNOS/c1-4-9-19-14(17-12(2)8-10-21-17)11-13-6-5-7-15(20-3)16(13)18/h5-8,10,14,19H,4,9,11H2,1-3H3. The SMILES string of the molecule is CCCNC(Cc1cccc(OC)c1F)c1sccc1C. The summed E-state index contributed by atoms with van der Waals surface area (Å²) < 4.78 is 19.4. The molecule has 1 atom stereocenters. The molecule has 0 radical (unpaired) electrons. The molecular formula is C17H22FNOS. The summed E-state index contributed by atoms with van der Waals surface area (Å²) in [7, 11) is 1.50. The molecule has 1 aromatic heterocycles. The topological polar surface area (TPSA) is 21.3 Å². The van der Waals surface area contributed by atoms with Gasteiger partial charge in [0.2, 0.25) is 0 Å². The van der Waals surface area contributed by atoms with Gasteiger partial charge in [-0.2, -0.15) is 0 Å². The van der Waals surface area contributed by atoms with Crippen LogP contribution in [-0.4, -0.2) is 13.7 Å². The average Bonchev–Trinajstić information content (AvgIpc) is 2.91. The molecule has 114 valence electrons. The molecular weight excluding hydrogens is 285 g/mol. The summed E-state index contributed by atoms with van der Waals surface area (Å²) in [5.74, 6) is 0.0575. The summed E-state index contributed by atoms with van der Waals surface area (Å²) >= 11 is 1.73.